The van der Waals surface area contributed by atoms with E-state index in [1.165, 1.54) is 11.8 Å². The minimum absolute atomic E-state index is 0.0154. The van der Waals surface area contributed by atoms with Gasteiger partial charge in [-0.1, -0.05) is 42.1 Å². The first kappa shape index (κ1) is 15.5. The van der Waals surface area contributed by atoms with Gasteiger partial charge in [0.2, 0.25) is 5.91 Å². The van der Waals surface area contributed by atoms with Gasteiger partial charge in [-0.25, -0.2) is 0 Å². The van der Waals surface area contributed by atoms with Crippen LogP contribution in [0.2, 0.25) is 0 Å². The molecule has 0 aliphatic heterocycles. The van der Waals surface area contributed by atoms with Gasteiger partial charge in [0.15, 0.2) is 5.16 Å². The summed E-state index contributed by atoms with van der Waals surface area (Å²) in [6.45, 7) is 2.30. The number of carbonyl (C=O) groups is 1. The molecule has 0 saturated carbocycles. The van der Waals surface area contributed by atoms with Crippen molar-refractivity contribution in [1.29, 1.82) is 0 Å². The largest absolute Gasteiger partial charge is 0.349 e. The van der Waals surface area contributed by atoms with Gasteiger partial charge in [-0.05, 0) is 12.5 Å². The number of nitrogens with two attached hydrogens (primary N) is 1. The van der Waals surface area contributed by atoms with Crippen molar-refractivity contribution < 1.29 is 4.79 Å². The fourth-order valence-corrected chi connectivity index (χ4v) is 2.63. The van der Waals surface area contributed by atoms with Gasteiger partial charge < -0.3 is 15.6 Å². The molecule has 21 heavy (non-hydrogen) atoms. The lowest BCUT2D eigenvalue weighted by Crippen LogP contribution is -2.28. The van der Waals surface area contributed by atoms with E-state index in [9.17, 15) is 4.79 Å². The summed E-state index contributed by atoms with van der Waals surface area (Å²) in [5.74, 6) is 0.970. The van der Waals surface area contributed by atoms with Gasteiger partial charge in [0.05, 0.1) is 18.3 Å². The molecule has 0 aliphatic rings. The lowest BCUT2D eigenvalue weighted by molar-refractivity contribution is -0.119. The Balaban J connectivity index is 1.86. The molecule has 2 aromatic rings. The molecule has 1 amide bonds. The van der Waals surface area contributed by atoms with Crippen LogP contribution in [-0.2, 0) is 18.4 Å². The molecule has 0 bridgehead atoms. The zero-order valence-electron chi connectivity index (χ0n) is 12.1. The lowest BCUT2D eigenvalue weighted by atomic mass is 10.1. The monoisotopic (exact) mass is 305 g/mol. The second-order valence-electron chi connectivity index (χ2n) is 4.65. The molecule has 0 aliphatic carbocycles. The van der Waals surface area contributed by atoms with Gasteiger partial charge in [0.1, 0.15) is 5.82 Å². The first-order valence-electron chi connectivity index (χ1n) is 6.67. The van der Waals surface area contributed by atoms with Crippen molar-refractivity contribution in [3.63, 3.8) is 0 Å². The Morgan fingerprint density at radius 3 is 2.71 bits per heavy atom. The van der Waals surface area contributed by atoms with Crippen molar-refractivity contribution in [3.05, 3.63) is 41.7 Å². The number of amides is 1. The van der Waals surface area contributed by atoms with Gasteiger partial charge in [0.25, 0.3) is 0 Å². The third-order valence-corrected chi connectivity index (χ3v) is 4.14. The minimum atomic E-state index is -0.0337. The number of aromatic nitrogens is 3. The SMILES string of the molecule is CC(NC(=O)CSc1nnc(CN)n1C)c1ccccc1. The van der Waals surface area contributed by atoms with E-state index >= 15 is 0 Å². The van der Waals surface area contributed by atoms with Crippen molar-refractivity contribution in [2.24, 2.45) is 12.8 Å². The summed E-state index contributed by atoms with van der Waals surface area (Å²) in [6, 6.07) is 9.85. The zero-order chi connectivity index (χ0) is 15.2. The van der Waals surface area contributed by atoms with Crippen LogP contribution in [0.3, 0.4) is 0 Å². The van der Waals surface area contributed by atoms with Crippen molar-refractivity contribution in [2.75, 3.05) is 5.75 Å². The number of hydrogen-bond donors (Lipinski definition) is 2. The van der Waals surface area contributed by atoms with Crippen LogP contribution in [0.4, 0.5) is 0 Å². The maximum Gasteiger partial charge on any atom is 0.230 e. The fourth-order valence-electron chi connectivity index (χ4n) is 1.89. The molecule has 1 unspecified atom stereocenters. The number of nitrogens with zero attached hydrogens (tertiary/aromatic N) is 3. The van der Waals surface area contributed by atoms with Crippen molar-refractivity contribution >= 4 is 17.7 Å². The van der Waals surface area contributed by atoms with E-state index in [2.05, 4.69) is 15.5 Å². The molecule has 0 saturated heterocycles. The Kier molecular flexibility index (Phi) is 5.35. The van der Waals surface area contributed by atoms with Crippen molar-refractivity contribution in [2.45, 2.75) is 24.7 Å². The topological polar surface area (TPSA) is 85.8 Å². The molecule has 6 nitrogen and oxygen atoms in total. The normalized spacial score (nSPS) is 12.1. The molecule has 0 radical (unpaired) electrons. The summed E-state index contributed by atoms with van der Waals surface area (Å²) in [5.41, 5.74) is 6.62. The molecule has 1 aromatic heterocycles. The van der Waals surface area contributed by atoms with Crippen LogP contribution in [0.15, 0.2) is 35.5 Å². The highest BCUT2D eigenvalue weighted by molar-refractivity contribution is 7.99. The Labute approximate surface area is 128 Å². The average Bonchev–Trinajstić information content (AvgIpc) is 2.86. The van der Waals surface area contributed by atoms with Gasteiger partial charge in [-0.2, -0.15) is 0 Å². The van der Waals surface area contributed by atoms with E-state index in [0.29, 0.717) is 23.3 Å². The van der Waals surface area contributed by atoms with E-state index in [-0.39, 0.29) is 11.9 Å². The minimum Gasteiger partial charge on any atom is -0.349 e. The molecule has 3 N–H and O–H groups in total. The molecular formula is C14H19N5OS. The number of carbonyl (C=O) groups excluding carboxylic acids is 1. The molecule has 1 aromatic carbocycles. The predicted octanol–water partition coefficient (Wildman–Crippen LogP) is 1.24. The van der Waals surface area contributed by atoms with Crippen LogP contribution in [0.25, 0.3) is 0 Å². The molecule has 2 rings (SSSR count). The first-order valence-corrected chi connectivity index (χ1v) is 7.65. The highest BCUT2D eigenvalue weighted by atomic mass is 32.2. The second-order valence-corrected chi connectivity index (χ2v) is 5.59. The summed E-state index contributed by atoms with van der Waals surface area (Å²) in [5, 5.41) is 11.6. The number of thioether (sulfide) groups is 1. The van der Waals surface area contributed by atoms with Gasteiger partial charge in [0, 0.05) is 7.05 Å². The predicted molar refractivity (Wildman–Crippen MR) is 82.6 cm³/mol. The number of benzene rings is 1. The van der Waals surface area contributed by atoms with Crippen molar-refractivity contribution in [1.82, 2.24) is 20.1 Å². The Morgan fingerprint density at radius 1 is 1.38 bits per heavy atom. The second kappa shape index (κ2) is 7.24. The van der Waals surface area contributed by atoms with Gasteiger partial charge in [-0.3, -0.25) is 4.79 Å². The highest BCUT2D eigenvalue weighted by Crippen LogP contribution is 2.16. The first-order chi connectivity index (χ1) is 10.1. The van der Waals surface area contributed by atoms with Gasteiger partial charge in [-0.15, -0.1) is 10.2 Å². The standard InChI is InChI=1S/C14H19N5OS/c1-10(11-6-4-3-5-7-11)16-13(20)9-21-14-18-17-12(8-15)19(14)2/h3-7,10H,8-9,15H2,1-2H3,(H,16,20). The summed E-state index contributed by atoms with van der Waals surface area (Å²) in [7, 11) is 1.84. The maximum atomic E-state index is 12.0. The highest BCUT2D eigenvalue weighted by Gasteiger charge is 2.12. The van der Waals surface area contributed by atoms with Crippen LogP contribution >= 0.6 is 11.8 Å². The van der Waals surface area contributed by atoms with E-state index in [1.807, 2.05) is 44.3 Å². The molecule has 0 spiro atoms. The van der Waals surface area contributed by atoms with E-state index in [0.717, 1.165) is 5.56 Å². The molecule has 0 fully saturated rings. The molecule has 1 atom stereocenters. The van der Waals surface area contributed by atoms with Crippen LogP contribution in [0.1, 0.15) is 24.4 Å². The smallest absolute Gasteiger partial charge is 0.230 e. The molecular weight excluding hydrogens is 286 g/mol. The Morgan fingerprint density at radius 2 is 2.10 bits per heavy atom. The van der Waals surface area contributed by atoms with Crippen LogP contribution < -0.4 is 11.1 Å². The fraction of sp³-hybridized carbons (Fsp3) is 0.357. The van der Waals surface area contributed by atoms with Crippen LogP contribution in [0.5, 0.6) is 0 Å². The summed E-state index contributed by atoms with van der Waals surface area (Å²) >= 11 is 1.35. The molecule has 1 heterocycles. The molecule has 112 valence electrons. The van der Waals surface area contributed by atoms with Crippen LogP contribution in [0, 0.1) is 0 Å². The molecule has 7 heteroatoms. The van der Waals surface area contributed by atoms with E-state index < -0.39 is 0 Å². The number of nitrogens with one attached hydrogen (secondary N) is 1. The summed E-state index contributed by atoms with van der Waals surface area (Å²) in [6.07, 6.45) is 0. The van der Waals surface area contributed by atoms with Crippen LogP contribution in [-0.4, -0.2) is 26.4 Å². The average molecular weight is 305 g/mol. The van der Waals surface area contributed by atoms with E-state index in [1.54, 1.807) is 4.57 Å². The quantitative estimate of drug-likeness (QED) is 0.784. The Bertz CT molecular complexity index is 599. The number of rotatable bonds is 6. The zero-order valence-corrected chi connectivity index (χ0v) is 12.9. The third kappa shape index (κ3) is 4.05. The Hall–Kier alpha value is -1.86. The number of hydrogen-bond acceptors (Lipinski definition) is 5. The van der Waals surface area contributed by atoms with Crippen molar-refractivity contribution in [3.8, 4) is 0 Å². The van der Waals surface area contributed by atoms with E-state index in [4.69, 9.17) is 5.73 Å². The summed E-state index contributed by atoms with van der Waals surface area (Å²) in [4.78, 5) is 12.0. The lowest BCUT2D eigenvalue weighted by Gasteiger charge is -2.13. The maximum absolute atomic E-state index is 12.0. The van der Waals surface area contributed by atoms with Gasteiger partial charge >= 0.3 is 0 Å². The summed E-state index contributed by atoms with van der Waals surface area (Å²) < 4.78 is 1.80. The third-order valence-electron chi connectivity index (χ3n) is 3.12.